The van der Waals surface area contributed by atoms with Crippen LogP contribution in [-0.2, 0) is 0 Å². The van der Waals surface area contributed by atoms with Gasteiger partial charge in [-0.2, -0.15) is 11.8 Å². The minimum absolute atomic E-state index is 0.0705. The molecule has 0 spiro atoms. The van der Waals surface area contributed by atoms with Gasteiger partial charge in [-0.05, 0) is 43.0 Å². The normalized spacial score (nSPS) is 12.5. The number of hydrogen-bond acceptors (Lipinski definition) is 3. The quantitative estimate of drug-likeness (QED) is 0.812. The summed E-state index contributed by atoms with van der Waals surface area (Å²) in [5.74, 6) is 1.20. The van der Waals surface area contributed by atoms with Crippen molar-refractivity contribution in [1.29, 1.82) is 0 Å². The number of anilines is 1. The minimum atomic E-state index is 0.0705. The molecule has 0 saturated carbocycles. The predicted octanol–water partition coefficient (Wildman–Crippen LogP) is 3.66. The molecule has 96 valence electrons. The van der Waals surface area contributed by atoms with Crippen molar-refractivity contribution >= 4 is 33.4 Å². The van der Waals surface area contributed by atoms with Crippen LogP contribution in [0.4, 0.5) is 5.69 Å². The van der Waals surface area contributed by atoms with E-state index in [0.29, 0.717) is 0 Å². The zero-order valence-corrected chi connectivity index (χ0v) is 13.1. The lowest BCUT2D eigenvalue weighted by atomic mass is 10.1. The predicted molar refractivity (Wildman–Crippen MR) is 83.0 cm³/mol. The summed E-state index contributed by atoms with van der Waals surface area (Å²) >= 11 is 5.42. The van der Waals surface area contributed by atoms with Crippen LogP contribution in [0.1, 0.15) is 24.9 Å². The van der Waals surface area contributed by atoms with Gasteiger partial charge in [0, 0.05) is 29.8 Å². The van der Waals surface area contributed by atoms with E-state index in [2.05, 4.69) is 52.3 Å². The first-order chi connectivity index (χ1) is 8.06. The van der Waals surface area contributed by atoms with E-state index in [1.54, 1.807) is 0 Å². The van der Waals surface area contributed by atoms with Crippen molar-refractivity contribution < 1.29 is 0 Å². The fraction of sp³-hybridized carbons (Fsp3) is 0.538. The molecule has 0 heterocycles. The van der Waals surface area contributed by atoms with E-state index in [1.807, 2.05) is 18.7 Å². The first-order valence-corrected chi connectivity index (χ1v) is 8.00. The first-order valence-electron chi connectivity index (χ1n) is 5.81. The molecule has 0 amide bonds. The minimum Gasteiger partial charge on any atom is -0.374 e. The Morgan fingerprint density at radius 1 is 1.47 bits per heavy atom. The maximum atomic E-state index is 6.01. The highest BCUT2D eigenvalue weighted by Crippen LogP contribution is 2.28. The second kappa shape index (κ2) is 7.29. The van der Waals surface area contributed by atoms with Gasteiger partial charge in [0.05, 0.1) is 0 Å². The van der Waals surface area contributed by atoms with E-state index in [-0.39, 0.29) is 6.04 Å². The van der Waals surface area contributed by atoms with Crippen LogP contribution in [0.2, 0.25) is 0 Å². The van der Waals surface area contributed by atoms with Crippen molar-refractivity contribution in [1.82, 2.24) is 0 Å². The molecule has 0 fully saturated rings. The lowest BCUT2D eigenvalue weighted by Crippen LogP contribution is -2.22. The molecule has 0 radical (unpaired) electrons. The van der Waals surface area contributed by atoms with Crippen LogP contribution in [0.15, 0.2) is 22.7 Å². The van der Waals surface area contributed by atoms with E-state index in [0.717, 1.165) is 11.0 Å². The van der Waals surface area contributed by atoms with E-state index in [1.165, 1.54) is 23.4 Å². The van der Waals surface area contributed by atoms with Crippen LogP contribution >= 0.6 is 27.7 Å². The molecule has 17 heavy (non-hydrogen) atoms. The third-order valence-electron chi connectivity index (χ3n) is 2.74. The van der Waals surface area contributed by atoms with Crippen LogP contribution in [0.25, 0.3) is 0 Å². The number of hydrogen-bond donors (Lipinski definition) is 1. The van der Waals surface area contributed by atoms with E-state index in [9.17, 15) is 0 Å². The third kappa shape index (κ3) is 4.53. The van der Waals surface area contributed by atoms with Crippen molar-refractivity contribution in [2.24, 2.45) is 5.73 Å². The van der Waals surface area contributed by atoms with Crippen LogP contribution in [0, 0.1) is 0 Å². The zero-order chi connectivity index (χ0) is 12.8. The summed E-state index contributed by atoms with van der Waals surface area (Å²) in [5.41, 5.74) is 8.45. The molecule has 0 aliphatic carbocycles. The van der Waals surface area contributed by atoms with Gasteiger partial charge in [-0.3, -0.25) is 0 Å². The Morgan fingerprint density at radius 2 is 2.18 bits per heavy atom. The van der Waals surface area contributed by atoms with Crippen molar-refractivity contribution in [2.45, 2.75) is 19.4 Å². The van der Waals surface area contributed by atoms with Gasteiger partial charge in [0.1, 0.15) is 0 Å². The molecule has 0 aliphatic heterocycles. The highest BCUT2D eigenvalue weighted by atomic mass is 79.9. The van der Waals surface area contributed by atoms with Crippen LogP contribution in [0.3, 0.4) is 0 Å². The lowest BCUT2D eigenvalue weighted by Gasteiger charge is -2.24. The topological polar surface area (TPSA) is 29.3 Å². The molecule has 1 aromatic carbocycles. The van der Waals surface area contributed by atoms with Gasteiger partial charge in [-0.15, -0.1) is 0 Å². The van der Waals surface area contributed by atoms with Gasteiger partial charge in [0.15, 0.2) is 0 Å². The van der Waals surface area contributed by atoms with Gasteiger partial charge >= 0.3 is 0 Å². The van der Waals surface area contributed by atoms with Crippen LogP contribution in [0.5, 0.6) is 0 Å². The molecule has 2 nitrogen and oxygen atoms in total. The van der Waals surface area contributed by atoms with E-state index < -0.39 is 0 Å². The van der Waals surface area contributed by atoms with E-state index >= 15 is 0 Å². The largest absolute Gasteiger partial charge is 0.374 e. The smallest absolute Gasteiger partial charge is 0.0423 e. The molecule has 1 unspecified atom stereocenters. The summed E-state index contributed by atoms with van der Waals surface area (Å²) < 4.78 is 1.11. The highest BCUT2D eigenvalue weighted by molar-refractivity contribution is 9.10. The average Bonchev–Trinajstić information content (AvgIpc) is 2.28. The van der Waals surface area contributed by atoms with Gasteiger partial charge < -0.3 is 10.6 Å². The molecule has 0 aromatic heterocycles. The Kier molecular flexibility index (Phi) is 6.38. The molecule has 1 rings (SSSR count). The summed E-state index contributed by atoms with van der Waals surface area (Å²) in [6, 6.07) is 6.38. The molecule has 2 N–H and O–H groups in total. The maximum Gasteiger partial charge on any atom is 0.0423 e. The molecule has 1 atom stereocenters. The Balaban J connectivity index is 2.82. The highest BCUT2D eigenvalue weighted by Gasteiger charge is 2.11. The van der Waals surface area contributed by atoms with Gasteiger partial charge in [0.2, 0.25) is 0 Å². The van der Waals surface area contributed by atoms with Crippen molar-refractivity contribution in [2.75, 3.05) is 30.5 Å². The summed E-state index contributed by atoms with van der Waals surface area (Å²) in [6.07, 6.45) is 3.34. The summed E-state index contributed by atoms with van der Waals surface area (Å²) in [4.78, 5) is 2.29. The second-order valence-corrected chi connectivity index (χ2v) is 6.16. The third-order valence-corrected chi connectivity index (χ3v) is 3.93. The molecule has 0 bridgehead atoms. The molecule has 1 aromatic rings. The summed E-state index contributed by atoms with van der Waals surface area (Å²) in [5, 5.41) is 0. The van der Waals surface area contributed by atoms with Crippen LogP contribution < -0.4 is 10.6 Å². The molecule has 0 saturated heterocycles. The molecule has 4 heteroatoms. The number of halogens is 1. The summed E-state index contributed by atoms with van der Waals surface area (Å²) in [7, 11) is 2.13. The fourth-order valence-electron chi connectivity index (χ4n) is 1.80. The standard InChI is InChI=1S/C13H21BrN2S/c1-10(15)12-6-5-11(14)9-13(12)16(2)7-4-8-17-3/h5-6,9-10H,4,7-8,15H2,1-3H3. The van der Waals surface area contributed by atoms with Crippen molar-refractivity contribution in [3.63, 3.8) is 0 Å². The number of thioether (sulfide) groups is 1. The fourth-order valence-corrected chi connectivity index (χ4v) is 2.57. The number of nitrogens with zero attached hydrogens (tertiary/aromatic N) is 1. The van der Waals surface area contributed by atoms with Gasteiger partial charge in [-0.1, -0.05) is 22.0 Å². The molecular formula is C13H21BrN2S. The van der Waals surface area contributed by atoms with E-state index in [4.69, 9.17) is 5.73 Å². The number of nitrogens with two attached hydrogens (primary N) is 1. The first kappa shape index (κ1) is 14.9. The lowest BCUT2D eigenvalue weighted by molar-refractivity contribution is 0.793. The maximum absolute atomic E-state index is 6.01. The second-order valence-electron chi connectivity index (χ2n) is 4.26. The zero-order valence-electron chi connectivity index (χ0n) is 10.7. The SMILES string of the molecule is CSCCCN(C)c1cc(Br)ccc1C(C)N. The Labute approximate surface area is 117 Å². The Hall–Kier alpha value is -0.190. The summed E-state index contributed by atoms with van der Waals surface area (Å²) in [6.45, 7) is 3.10. The van der Waals surface area contributed by atoms with Crippen LogP contribution in [-0.4, -0.2) is 25.6 Å². The Bertz CT molecular complexity index is 355. The van der Waals surface area contributed by atoms with Gasteiger partial charge in [-0.25, -0.2) is 0 Å². The van der Waals surface area contributed by atoms with Gasteiger partial charge in [0.25, 0.3) is 0 Å². The monoisotopic (exact) mass is 316 g/mol. The average molecular weight is 317 g/mol. The number of benzene rings is 1. The number of rotatable bonds is 6. The molecule has 0 aliphatic rings. The Morgan fingerprint density at radius 3 is 2.76 bits per heavy atom. The van der Waals surface area contributed by atoms with Crippen molar-refractivity contribution in [3.05, 3.63) is 28.2 Å². The van der Waals surface area contributed by atoms with Crippen molar-refractivity contribution in [3.8, 4) is 0 Å². The molecular weight excluding hydrogens is 296 g/mol.